The van der Waals surface area contributed by atoms with Gasteiger partial charge in [0, 0.05) is 5.69 Å². The molecule has 0 aromatic carbocycles. The van der Waals surface area contributed by atoms with Crippen molar-refractivity contribution in [1.29, 1.82) is 0 Å². The molecule has 24 heavy (non-hydrogen) atoms. The highest BCUT2D eigenvalue weighted by atomic mass is 79.9. The van der Waals surface area contributed by atoms with E-state index in [-0.39, 0.29) is 22.0 Å². The van der Waals surface area contributed by atoms with Crippen LogP contribution in [0.4, 0.5) is 0 Å². The molecule has 1 unspecified atom stereocenters. The van der Waals surface area contributed by atoms with Crippen LogP contribution < -0.4 is 5.56 Å². The minimum absolute atomic E-state index is 0.0212. The summed E-state index contributed by atoms with van der Waals surface area (Å²) in [5, 5.41) is 0. The second kappa shape index (κ2) is 7.16. The number of ether oxygens (including phenoxy) is 3. The Morgan fingerprint density at radius 3 is 2.38 bits per heavy atom. The Labute approximate surface area is 145 Å². The lowest BCUT2D eigenvalue weighted by Crippen LogP contribution is -2.32. The Morgan fingerprint density at radius 2 is 1.83 bits per heavy atom. The van der Waals surface area contributed by atoms with Crippen molar-refractivity contribution >= 4 is 33.8 Å². The van der Waals surface area contributed by atoms with Crippen molar-refractivity contribution in [2.75, 3.05) is 21.3 Å². The molecule has 1 aliphatic rings. The first-order chi connectivity index (χ1) is 11.4. The number of halogens is 1. The van der Waals surface area contributed by atoms with Crippen LogP contribution in [0.3, 0.4) is 0 Å². The van der Waals surface area contributed by atoms with Gasteiger partial charge in [-0.1, -0.05) is 0 Å². The van der Waals surface area contributed by atoms with Gasteiger partial charge in [-0.05, 0) is 34.3 Å². The highest BCUT2D eigenvalue weighted by Gasteiger charge is 2.36. The number of esters is 3. The average Bonchev–Trinajstić information content (AvgIpc) is 3.02. The second-order valence-electron chi connectivity index (χ2n) is 5.11. The van der Waals surface area contributed by atoms with Crippen molar-refractivity contribution in [3.8, 4) is 0 Å². The Hall–Kier alpha value is -2.16. The SMILES string of the molecule is COC(=O)Cc1c(C(=O)OC)c2n(c(=O)c1Br)C(C(=O)OC)CC2. The minimum atomic E-state index is -0.815. The first-order valence-corrected chi connectivity index (χ1v) is 7.85. The van der Waals surface area contributed by atoms with E-state index >= 15 is 0 Å². The Bertz CT molecular complexity index is 768. The van der Waals surface area contributed by atoms with Crippen molar-refractivity contribution in [3.05, 3.63) is 31.6 Å². The predicted octanol–water partition coefficient (Wildman–Crippen LogP) is 0.773. The predicted molar refractivity (Wildman–Crippen MR) is 84.8 cm³/mol. The molecule has 130 valence electrons. The molecular formula is C15H16BrNO7. The molecule has 0 saturated heterocycles. The van der Waals surface area contributed by atoms with Gasteiger partial charge in [0.15, 0.2) is 0 Å². The minimum Gasteiger partial charge on any atom is -0.469 e. The van der Waals surface area contributed by atoms with Gasteiger partial charge in [0.1, 0.15) is 6.04 Å². The van der Waals surface area contributed by atoms with Crippen molar-refractivity contribution in [3.63, 3.8) is 0 Å². The number of fused-ring (bicyclic) bond motifs is 1. The maximum atomic E-state index is 12.6. The molecule has 0 radical (unpaired) electrons. The zero-order chi connectivity index (χ0) is 18.0. The standard InChI is InChI=1S/C15H16BrNO7/c1-22-10(18)6-7-11(15(21)24-3)8-4-5-9(14(20)23-2)17(8)13(19)12(7)16/h9H,4-6H2,1-3H3. The van der Waals surface area contributed by atoms with E-state index < -0.39 is 29.5 Å². The number of nitrogens with zero attached hydrogens (tertiary/aromatic N) is 1. The molecule has 0 aliphatic carbocycles. The van der Waals surface area contributed by atoms with Gasteiger partial charge >= 0.3 is 17.9 Å². The third kappa shape index (κ3) is 2.95. The summed E-state index contributed by atoms with van der Waals surface area (Å²) in [6.45, 7) is 0. The fourth-order valence-corrected chi connectivity index (χ4v) is 3.35. The summed E-state index contributed by atoms with van der Waals surface area (Å²) in [6, 6.07) is -0.815. The van der Waals surface area contributed by atoms with E-state index in [0.29, 0.717) is 18.5 Å². The number of carbonyl (C=O) groups is 3. The maximum absolute atomic E-state index is 12.6. The highest BCUT2D eigenvalue weighted by Crippen LogP contribution is 2.32. The molecule has 0 fully saturated rings. The molecule has 0 N–H and O–H groups in total. The molecule has 1 atom stereocenters. The molecule has 1 aromatic heterocycles. The van der Waals surface area contributed by atoms with Gasteiger partial charge in [-0.15, -0.1) is 0 Å². The molecule has 1 aliphatic heterocycles. The monoisotopic (exact) mass is 401 g/mol. The van der Waals surface area contributed by atoms with Crippen LogP contribution in [0.25, 0.3) is 0 Å². The van der Waals surface area contributed by atoms with Crippen LogP contribution in [-0.2, 0) is 36.6 Å². The Morgan fingerprint density at radius 1 is 1.17 bits per heavy atom. The molecular weight excluding hydrogens is 386 g/mol. The van der Waals surface area contributed by atoms with E-state index in [1.54, 1.807) is 0 Å². The summed E-state index contributed by atoms with van der Waals surface area (Å²) in [4.78, 5) is 48.5. The van der Waals surface area contributed by atoms with Crippen LogP contribution in [0.2, 0.25) is 0 Å². The van der Waals surface area contributed by atoms with Gasteiger partial charge in [0.2, 0.25) is 0 Å². The normalized spacial score (nSPS) is 15.6. The molecule has 0 bridgehead atoms. The van der Waals surface area contributed by atoms with E-state index in [1.807, 2.05) is 0 Å². The number of pyridine rings is 1. The summed E-state index contributed by atoms with van der Waals surface area (Å²) in [5.41, 5.74) is 0.130. The second-order valence-corrected chi connectivity index (χ2v) is 5.90. The van der Waals surface area contributed by atoms with Gasteiger partial charge < -0.3 is 14.2 Å². The van der Waals surface area contributed by atoms with Crippen molar-refractivity contribution < 1.29 is 28.6 Å². The lowest BCUT2D eigenvalue weighted by Gasteiger charge is -2.18. The highest BCUT2D eigenvalue weighted by molar-refractivity contribution is 9.10. The number of hydrogen-bond acceptors (Lipinski definition) is 7. The lowest BCUT2D eigenvalue weighted by molar-refractivity contribution is -0.144. The summed E-state index contributed by atoms with van der Waals surface area (Å²) >= 11 is 3.14. The number of methoxy groups -OCH3 is 3. The van der Waals surface area contributed by atoms with Crippen molar-refractivity contribution in [1.82, 2.24) is 4.57 Å². The van der Waals surface area contributed by atoms with Crippen molar-refractivity contribution in [2.24, 2.45) is 0 Å². The molecule has 0 saturated carbocycles. The molecule has 2 rings (SSSR count). The summed E-state index contributed by atoms with van der Waals surface area (Å²) in [6.07, 6.45) is 0.356. The van der Waals surface area contributed by atoms with Crippen LogP contribution in [0.5, 0.6) is 0 Å². The summed E-state index contributed by atoms with van der Waals surface area (Å²) in [5.74, 6) is -1.86. The van der Waals surface area contributed by atoms with Crippen LogP contribution >= 0.6 is 15.9 Å². The zero-order valence-corrected chi connectivity index (χ0v) is 15.0. The van der Waals surface area contributed by atoms with E-state index in [1.165, 1.54) is 25.9 Å². The lowest BCUT2D eigenvalue weighted by atomic mass is 10.0. The molecule has 9 heteroatoms. The smallest absolute Gasteiger partial charge is 0.339 e. The quantitative estimate of drug-likeness (QED) is 0.542. The van der Waals surface area contributed by atoms with E-state index in [4.69, 9.17) is 9.47 Å². The van der Waals surface area contributed by atoms with E-state index in [9.17, 15) is 19.2 Å². The van der Waals surface area contributed by atoms with Gasteiger partial charge in [-0.25, -0.2) is 9.59 Å². The fraction of sp³-hybridized carbons (Fsp3) is 0.467. The maximum Gasteiger partial charge on any atom is 0.339 e. The zero-order valence-electron chi connectivity index (χ0n) is 13.4. The largest absolute Gasteiger partial charge is 0.469 e. The molecule has 0 spiro atoms. The van der Waals surface area contributed by atoms with Gasteiger partial charge in [-0.3, -0.25) is 14.2 Å². The third-order valence-electron chi connectivity index (χ3n) is 3.93. The van der Waals surface area contributed by atoms with Crippen LogP contribution in [-0.4, -0.2) is 43.8 Å². The molecule has 1 aromatic rings. The molecule has 2 heterocycles. The van der Waals surface area contributed by atoms with Gasteiger partial charge in [0.05, 0.1) is 37.8 Å². The Balaban J connectivity index is 2.75. The number of aromatic nitrogens is 1. The first kappa shape index (κ1) is 18.2. The number of rotatable bonds is 4. The van der Waals surface area contributed by atoms with Crippen LogP contribution in [0, 0.1) is 0 Å². The average molecular weight is 402 g/mol. The third-order valence-corrected chi connectivity index (χ3v) is 4.75. The van der Waals surface area contributed by atoms with E-state index in [2.05, 4.69) is 20.7 Å². The van der Waals surface area contributed by atoms with Crippen molar-refractivity contribution in [2.45, 2.75) is 25.3 Å². The topological polar surface area (TPSA) is 101 Å². The first-order valence-electron chi connectivity index (χ1n) is 7.06. The fourth-order valence-electron chi connectivity index (χ4n) is 2.82. The van der Waals surface area contributed by atoms with Gasteiger partial charge in [-0.2, -0.15) is 0 Å². The van der Waals surface area contributed by atoms with E-state index in [0.717, 1.165) is 0 Å². The Kier molecular flexibility index (Phi) is 5.43. The van der Waals surface area contributed by atoms with Gasteiger partial charge in [0.25, 0.3) is 5.56 Å². The molecule has 8 nitrogen and oxygen atoms in total. The molecule has 0 amide bonds. The number of hydrogen-bond donors (Lipinski definition) is 0. The summed E-state index contributed by atoms with van der Waals surface area (Å²) < 4.78 is 15.4. The van der Waals surface area contributed by atoms with Crippen LogP contribution in [0.1, 0.15) is 34.1 Å². The number of carbonyl (C=O) groups excluding carboxylic acids is 3. The summed E-state index contributed by atoms with van der Waals surface area (Å²) in [7, 11) is 3.64. The van der Waals surface area contributed by atoms with Crippen LogP contribution in [0.15, 0.2) is 9.27 Å².